The van der Waals surface area contributed by atoms with Crippen molar-refractivity contribution in [2.75, 3.05) is 36.8 Å². The lowest BCUT2D eigenvalue weighted by molar-refractivity contribution is -0.115. The van der Waals surface area contributed by atoms with Gasteiger partial charge in [-0.1, -0.05) is 36.4 Å². The van der Waals surface area contributed by atoms with Crippen LogP contribution in [0.15, 0.2) is 93.7 Å². The first-order chi connectivity index (χ1) is 22.6. The zero-order valence-electron chi connectivity index (χ0n) is 26.7. The lowest BCUT2D eigenvalue weighted by Crippen LogP contribution is -2.26. The van der Waals surface area contributed by atoms with Crippen molar-refractivity contribution in [3.05, 3.63) is 101 Å². The van der Waals surface area contributed by atoms with Gasteiger partial charge < -0.3 is 15.5 Å². The SMILES string of the molecule is CC(=O)Nc1cc(C)ccc1N=Nc1snc(C)c1C#N.CNc1ccc(C(C#N)=C2C(=O)N(c3ccccc3)N=C2N(C)C)cc1. The van der Waals surface area contributed by atoms with Crippen LogP contribution < -0.4 is 15.6 Å². The number of aryl methyl sites for hydroxylation is 2. The Hall–Kier alpha value is -6.18. The number of para-hydroxylation sites is 1. The van der Waals surface area contributed by atoms with Crippen LogP contribution in [0.1, 0.15) is 29.3 Å². The summed E-state index contributed by atoms with van der Waals surface area (Å²) in [7, 11) is 5.44. The smallest absolute Gasteiger partial charge is 0.283 e. The third-order valence-corrected chi connectivity index (χ3v) is 7.56. The van der Waals surface area contributed by atoms with E-state index in [9.17, 15) is 14.9 Å². The number of nitrogens with zero attached hydrogens (tertiary/aromatic N) is 8. The second-order valence-electron chi connectivity index (χ2n) is 10.4. The second kappa shape index (κ2) is 15.2. The van der Waals surface area contributed by atoms with Crippen LogP contribution in [0.5, 0.6) is 0 Å². The number of aromatic nitrogens is 1. The van der Waals surface area contributed by atoms with Crippen molar-refractivity contribution in [3.8, 4) is 12.1 Å². The zero-order valence-corrected chi connectivity index (χ0v) is 27.5. The zero-order chi connectivity index (χ0) is 34.1. The number of carbonyl (C=O) groups is 2. The number of hydrazone groups is 1. The van der Waals surface area contributed by atoms with Crippen LogP contribution in [0.3, 0.4) is 0 Å². The molecule has 5 rings (SSSR count). The van der Waals surface area contributed by atoms with Gasteiger partial charge in [-0.05, 0) is 72.9 Å². The Labute approximate surface area is 277 Å². The summed E-state index contributed by atoms with van der Waals surface area (Å²) in [5.74, 6) is -0.0226. The number of nitriles is 2. The largest absolute Gasteiger partial charge is 0.388 e. The van der Waals surface area contributed by atoms with E-state index in [1.807, 2.05) is 80.7 Å². The van der Waals surface area contributed by atoms with E-state index in [2.05, 4.69) is 42.5 Å². The molecule has 0 fully saturated rings. The van der Waals surface area contributed by atoms with E-state index in [4.69, 9.17) is 5.26 Å². The molecule has 0 saturated carbocycles. The quantitative estimate of drug-likeness (QED) is 0.131. The molecule has 0 saturated heterocycles. The minimum absolute atomic E-state index is 0.177. The highest BCUT2D eigenvalue weighted by Crippen LogP contribution is 2.32. The first kappa shape index (κ1) is 33.7. The number of amides is 2. The molecule has 236 valence electrons. The summed E-state index contributed by atoms with van der Waals surface area (Å²) in [6.07, 6.45) is 0. The number of anilines is 3. The van der Waals surface area contributed by atoms with Gasteiger partial charge in [-0.15, -0.1) is 15.3 Å². The van der Waals surface area contributed by atoms with Crippen molar-refractivity contribution in [2.24, 2.45) is 15.3 Å². The van der Waals surface area contributed by atoms with Gasteiger partial charge in [0.2, 0.25) is 5.91 Å². The number of amidine groups is 1. The minimum atomic E-state index is -0.311. The topological polar surface area (TPSA) is 162 Å². The van der Waals surface area contributed by atoms with E-state index in [1.54, 1.807) is 32.0 Å². The van der Waals surface area contributed by atoms with Crippen LogP contribution in [0.25, 0.3) is 5.57 Å². The number of carbonyl (C=O) groups excluding carboxylic acids is 2. The average molecular weight is 645 g/mol. The molecule has 0 atom stereocenters. The number of rotatable bonds is 6. The first-order valence-corrected chi connectivity index (χ1v) is 15.1. The number of allylic oxidation sites excluding steroid dienone is 1. The van der Waals surface area contributed by atoms with Gasteiger partial charge in [0.1, 0.15) is 29.0 Å². The Morgan fingerprint density at radius 1 is 1.00 bits per heavy atom. The molecule has 0 radical (unpaired) electrons. The third kappa shape index (κ3) is 7.92. The maximum absolute atomic E-state index is 13.1. The van der Waals surface area contributed by atoms with Gasteiger partial charge in [-0.3, -0.25) is 9.59 Å². The maximum Gasteiger partial charge on any atom is 0.283 e. The molecule has 3 aromatic carbocycles. The number of azo groups is 1. The number of nitrogens with one attached hydrogen (secondary N) is 2. The molecule has 1 aromatic heterocycles. The van der Waals surface area contributed by atoms with Crippen molar-refractivity contribution < 1.29 is 9.59 Å². The summed E-state index contributed by atoms with van der Waals surface area (Å²) >= 11 is 1.12. The molecular weight excluding hydrogens is 613 g/mol. The molecule has 0 spiro atoms. The fourth-order valence-corrected chi connectivity index (χ4v) is 5.09. The molecule has 2 N–H and O–H groups in total. The molecule has 1 aliphatic rings. The highest BCUT2D eigenvalue weighted by molar-refractivity contribution is 7.10. The van der Waals surface area contributed by atoms with Gasteiger partial charge in [0.15, 0.2) is 10.8 Å². The second-order valence-corrected chi connectivity index (χ2v) is 11.2. The summed E-state index contributed by atoms with van der Waals surface area (Å²) in [5.41, 5.74) is 6.08. The Balaban J connectivity index is 0.000000218. The Morgan fingerprint density at radius 2 is 1.70 bits per heavy atom. The molecule has 0 unspecified atom stereocenters. The summed E-state index contributed by atoms with van der Waals surface area (Å²) in [6.45, 7) is 5.11. The van der Waals surface area contributed by atoms with E-state index in [1.165, 1.54) is 11.9 Å². The molecule has 2 amide bonds. The van der Waals surface area contributed by atoms with Crippen molar-refractivity contribution in [2.45, 2.75) is 20.8 Å². The molecule has 1 aliphatic heterocycles. The molecule has 47 heavy (non-hydrogen) atoms. The fourth-order valence-electron chi connectivity index (χ4n) is 4.42. The van der Waals surface area contributed by atoms with Crippen LogP contribution in [-0.2, 0) is 9.59 Å². The summed E-state index contributed by atoms with van der Waals surface area (Å²) < 4.78 is 4.08. The summed E-state index contributed by atoms with van der Waals surface area (Å²) in [6, 6.07) is 26.3. The third-order valence-electron chi connectivity index (χ3n) is 6.74. The van der Waals surface area contributed by atoms with Gasteiger partial charge in [0.05, 0.1) is 22.6 Å². The van der Waals surface area contributed by atoms with Crippen molar-refractivity contribution in [3.63, 3.8) is 0 Å². The highest BCUT2D eigenvalue weighted by Gasteiger charge is 2.35. The molecule has 0 bridgehead atoms. The van der Waals surface area contributed by atoms with Crippen LogP contribution >= 0.6 is 11.5 Å². The monoisotopic (exact) mass is 644 g/mol. The van der Waals surface area contributed by atoms with Crippen LogP contribution in [0.2, 0.25) is 0 Å². The first-order valence-electron chi connectivity index (χ1n) is 14.3. The molecule has 12 nitrogen and oxygen atoms in total. The predicted octanol–water partition coefficient (Wildman–Crippen LogP) is 6.93. The van der Waals surface area contributed by atoms with E-state index >= 15 is 0 Å². The standard InChI is InChI=1S/C20H19N5O.C14H13N5OS/c1-22-15-11-9-14(10-12-15)17(13-21)18-19(24(2)3)23-25(20(18)26)16-7-5-4-6-8-16;1-8-4-5-12(13(6-8)16-10(3)20)17-18-14-11(7-15)9(2)19-21-14/h4-12,22H,1-3H3;4-6H,1-3H3,(H,16,20). The Kier molecular flexibility index (Phi) is 10.9. The number of benzene rings is 3. The van der Waals surface area contributed by atoms with Crippen LogP contribution in [0, 0.1) is 36.5 Å². The Bertz CT molecular complexity index is 1960. The maximum atomic E-state index is 13.1. The van der Waals surface area contributed by atoms with Crippen molar-refractivity contribution in [1.29, 1.82) is 10.5 Å². The van der Waals surface area contributed by atoms with Gasteiger partial charge in [0.25, 0.3) is 5.91 Å². The van der Waals surface area contributed by atoms with Gasteiger partial charge in [0, 0.05) is 33.8 Å². The highest BCUT2D eigenvalue weighted by atomic mass is 32.1. The summed E-state index contributed by atoms with van der Waals surface area (Å²) in [4.78, 5) is 26.0. The number of likely N-dealkylation sites (N-methyl/N-ethyl adjacent to an activating group) is 1. The van der Waals surface area contributed by atoms with E-state index < -0.39 is 0 Å². The molecule has 13 heteroatoms. The van der Waals surface area contributed by atoms with Crippen molar-refractivity contribution in [1.82, 2.24) is 9.27 Å². The van der Waals surface area contributed by atoms with E-state index in [-0.39, 0.29) is 11.8 Å². The molecule has 2 heterocycles. The van der Waals surface area contributed by atoms with Crippen LogP contribution in [0.4, 0.5) is 27.8 Å². The van der Waals surface area contributed by atoms with E-state index in [0.29, 0.717) is 55.9 Å². The fraction of sp³-hybridized carbons (Fsp3) is 0.176. The molecule has 4 aromatic rings. The summed E-state index contributed by atoms with van der Waals surface area (Å²) in [5, 5.41) is 39.0. The lowest BCUT2D eigenvalue weighted by atomic mass is 9.99. The molecule has 0 aliphatic carbocycles. The predicted molar refractivity (Wildman–Crippen MR) is 185 cm³/mol. The van der Waals surface area contributed by atoms with Gasteiger partial charge in [-0.25, -0.2) is 0 Å². The lowest BCUT2D eigenvalue weighted by Gasteiger charge is -2.13. The van der Waals surface area contributed by atoms with Gasteiger partial charge in [-0.2, -0.15) is 19.9 Å². The Morgan fingerprint density at radius 3 is 2.30 bits per heavy atom. The van der Waals surface area contributed by atoms with Crippen LogP contribution in [-0.4, -0.2) is 48.1 Å². The average Bonchev–Trinajstić information content (AvgIpc) is 3.60. The normalized spacial score (nSPS) is 13.2. The van der Waals surface area contributed by atoms with E-state index in [0.717, 1.165) is 22.8 Å². The van der Waals surface area contributed by atoms with Gasteiger partial charge >= 0.3 is 0 Å². The molecular formula is C34H32N10O2S. The number of hydrogen-bond acceptors (Lipinski definition) is 11. The van der Waals surface area contributed by atoms with Crippen molar-refractivity contribution >= 4 is 62.5 Å². The number of hydrogen-bond donors (Lipinski definition) is 2. The minimum Gasteiger partial charge on any atom is -0.388 e.